The smallest absolute Gasteiger partial charge is 0.244 e. The van der Waals surface area contributed by atoms with Gasteiger partial charge < -0.3 is 10.2 Å². The molecule has 0 spiro atoms. The van der Waals surface area contributed by atoms with E-state index in [9.17, 15) is 4.79 Å². The van der Waals surface area contributed by atoms with Crippen LogP contribution >= 0.6 is 0 Å². The highest BCUT2D eigenvalue weighted by Crippen LogP contribution is 2.21. The Balaban J connectivity index is 1.84. The van der Waals surface area contributed by atoms with Crippen LogP contribution in [-0.2, 0) is 17.9 Å². The van der Waals surface area contributed by atoms with Crippen molar-refractivity contribution < 1.29 is 4.79 Å². The molecule has 1 aromatic heterocycles. The van der Waals surface area contributed by atoms with Crippen LogP contribution < -0.4 is 5.32 Å². The van der Waals surface area contributed by atoms with Crippen LogP contribution in [-0.4, -0.2) is 44.9 Å². The molecule has 1 fully saturated rings. The lowest BCUT2D eigenvalue weighted by Gasteiger charge is -2.31. The molecule has 1 aromatic rings. The van der Waals surface area contributed by atoms with Crippen molar-refractivity contribution in [1.29, 1.82) is 0 Å². The molecule has 0 unspecified atom stereocenters. The second-order valence-corrected chi connectivity index (χ2v) is 6.24. The van der Waals surface area contributed by atoms with Crippen LogP contribution in [0.5, 0.6) is 0 Å². The van der Waals surface area contributed by atoms with E-state index >= 15 is 0 Å². The molecule has 1 heterocycles. The van der Waals surface area contributed by atoms with Gasteiger partial charge in [-0.05, 0) is 12.8 Å². The van der Waals surface area contributed by atoms with E-state index in [2.05, 4.69) is 29.5 Å². The van der Waals surface area contributed by atoms with Crippen LogP contribution in [0.15, 0.2) is 6.20 Å². The molecule has 1 saturated carbocycles. The van der Waals surface area contributed by atoms with E-state index in [-0.39, 0.29) is 12.5 Å². The molecular weight excluding hydrogens is 266 g/mol. The molecule has 0 atom stereocenters. The van der Waals surface area contributed by atoms with Crippen molar-refractivity contribution in [3.63, 3.8) is 0 Å². The Labute approximate surface area is 126 Å². The zero-order valence-corrected chi connectivity index (χ0v) is 13.4. The van der Waals surface area contributed by atoms with Crippen LogP contribution in [0.25, 0.3) is 0 Å². The minimum Gasteiger partial charge on any atom is -0.341 e. The SMILES string of the molecule is CC(C)NCc1cn(CC(=O)N(C)C2CCCCC2)nn1. The van der Waals surface area contributed by atoms with E-state index in [0.717, 1.165) is 18.5 Å². The van der Waals surface area contributed by atoms with Gasteiger partial charge in [-0.3, -0.25) is 4.79 Å². The molecule has 1 amide bonds. The van der Waals surface area contributed by atoms with E-state index in [1.807, 2.05) is 18.1 Å². The third-order valence-corrected chi connectivity index (χ3v) is 4.09. The summed E-state index contributed by atoms with van der Waals surface area (Å²) in [5.41, 5.74) is 0.872. The monoisotopic (exact) mass is 293 g/mol. The Kier molecular flexibility index (Phi) is 5.73. The van der Waals surface area contributed by atoms with Gasteiger partial charge in [0.05, 0.1) is 11.9 Å². The van der Waals surface area contributed by atoms with Crippen LogP contribution in [0.1, 0.15) is 51.6 Å². The van der Waals surface area contributed by atoms with Gasteiger partial charge in [-0.15, -0.1) is 5.10 Å². The summed E-state index contributed by atoms with van der Waals surface area (Å²) in [6, 6.07) is 0.811. The Morgan fingerprint density at radius 1 is 1.43 bits per heavy atom. The quantitative estimate of drug-likeness (QED) is 0.864. The molecule has 0 bridgehead atoms. The van der Waals surface area contributed by atoms with Crippen LogP contribution in [0.4, 0.5) is 0 Å². The molecule has 0 aromatic carbocycles. The maximum Gasteiger partial charge on any atom is 0.244 e. The molecule has 1 aliphatic rings. The van der Waals surface area contributed by atoms with Crippen LogP contribution in [0, 0.1) is 0 Å². The average molecular weight is 293 g/mol. The van der Waals surface area contributed by atoms with E-state index in [1.165, 1.54) is 19.3 Å². The number of likely N-dealkylation sites (N-methyl/N-ethyl adjacent to an activating group) is 1. The molecule has 21 heavy (non-hydrogen) atoms. The molecular formula is C15H27N5O. The first kappa shape index (κ1) is 15.9. The second kappa shape index (κ2) is 7.54. The van der Waals surface area contributed by atoms with Crippen molar-refractivity contribution in [3.05, 3.63) is 11.9 Å². The number of nitrogens with one attached hydrogen (secondary N) is 1. The van der Waals surface area contributed by atoms with Gasteiger partial charge in [0, 0.05) is 25.7 Å². The van der Waals surface area contributed by atoms with E-state index in [1.54, 1.807) is 4.68 Å². The third kappa shape index (κ3) is 4.81. The zero-order chi connectivity index (χ0) is 15.2. The van der Waals surface area contributed by atoms with Gasteiger partial charge in [-0.1, -0.05) is 38.3 Å². The molecule has 0 saturated heterocycles. The third-order valence-electron chi connectivity index (χ3n) is 4.09. The summed E-state index contributed by atoms with van der Waals surface area (Å²) < 4.78 is 1.64. The number of amides is 1. The number of hydrogen-bond donors (Lipinski definition) is 1. The first-order valence-corrected chi connectivity index (χ1v) is 7.94. The van der Waals surface area contributed by atoms with Gasteiger partial charge in [-0.2, -0.15) is 0 Å². The highest BCUT2D eigenvalue weighted by Gasteiger charge is 2.22. The Morgan fingerprint density at radius 2 is 2.14 bits per heavy atom. The van der Waals surface area contributed by atoms with Gasteiger partial charge in [0.2, 0.25) is 5.91 Å². The average Bonchev–Trinajstić information content (AvgIpc) is 2.92. The predicted octanol–water partition coefficient (Wildman–Crippen LogP) is 1.57. The maximum atomic E-state index is 12.3. The number of rotatable bonds is 6. The van der Waals surface area contributed by atoms with Gasteiger partial charge in [0.1, 0.15) is 6.54 Å². The minimum atomic E-state index is 0.121. The normalized spacial score (nSPS) is 16.4. The largest absolute Gasteiger partial charge is 0.341 e. The first-order chi connectivity index (χ1) is 10.1. The van der Waals surface area contributed by atoms with Crippen molar-refractivity contribution in [1.82, 2.24) is 25.2 Å². The number of aromatic nitrogens is 3. The molecule has 0 radical (unpaired) electrons. The lowest BCUT2D eigenvalue weighted by molar-refractivity contribution is -0.133. The van der Waals surface area contributed by atoms with Crippen molar-refractivity contribution >= 4 is 5.91 Å². The number of hydrogen-bond acceptors (Lipinski definition) is 4. The molecule has 0 aliphatic heterocycles. The zero-order valence-electron chi connectivity index (χ0n) is 13.4. The summed E-state index contributed by atoms with van der Waals surface area (Å²) in [7, 11) is 1.91. The molecule has 6 heteroatoms. The highest BCUT2D eigenvalue weighted by molar-refractivity contribution is 5.75. The fraction of sp³-hybridized carbons (Fsp3) is 0.800. The predicted molar refractivity (Wildman–Crippen MR) is 81.6 cm³/mol. The standard InChI is InChI=1S/C15H27N5O/c1-12(2)16-9-13-10-20(18-17-13)11-15(21)19(3)14-7-5-4-6-8-14/h10,12,14,16H,4-9,11H2,1-3H3. The molecule has 1 aliphatic carbocycles. The van der Waals surface area contributed by atoms with Crippen LogP contribution in [0.3, 0.4) is 0 Å². The number of carbonyl (C=O) groups excluding carboxylic acids is 1. The Hall–Kier alpha value is -1.43. The number of carbonyl (C=O) groups is 1. The van der Waals surface area contributed by atoms with Crippen LogP contribution in [0.2, 0.25) is 0 Å². The summed E-state index contributed by atoms with van der Waals surface area (Å²) in [5.74, 6) is 0.121. The lowest BCUT2D eigenvalue weighted by Crippen LogP contribution is -2.40. The second-order valence-electron chi connectivity index (χ2n) is 6.24. The summed E-state index contributed by atoms with van der Waals surface area (Å²) in [6.07, 6.45) is 7.87. The van der Waals surface area contributed by atoms with Gasteiger partial charge in [-0.25, -0.2) is 4.68 Å². The van der Waals surface area contributed by atoms with Gasteiger partial charge >= 0.3 is 0 Å². The fourth-order valence-electron chi connectivity index (χ4n) is 2.73. The Morgan fingerprint density at radius 3 is 2.81 bits per heavy atom. The van der Waals surface area contributed by atoms with E-state index < -0.39 is 0 Å². The topological polar surface area (TPSA) is 63.1 Å². The van der Waals surface area contributed by atoms with Crippen molar-refractivity contribution in [3.8, 4) is 0 Å². The van der Waals surface area contributed by atoms with Crippen molar-refractivity contribution in [2.24, 2.45) is 0 Å². The van der Waals surface area contributed by atoms with E-state index in [0.29, 0.717) is 18.6 Å². The van der Waals surface area contributed by atoms with Gasteiger partial charge in [0.15, 0.2) is 0 Å². The lowest BCUT2D eigenvalue weighted by atomic mass is 9.94. The summed E-state index contributed by atoms with van der Waals surface area (Å²) in [6.45, 7) is 5.15. The van der Waals surface area contributed by atoms with Crippen molar-refractivity contribution in [2.75, 3.05) is 7.05 Å². The summed E-state index contributed by atoms with van der Waals surface area (Å²) in [4.78, 5) is 14.2. The highest BCUT2D eigenvalue weighted by atomic mass is 16.2. The minimum absolute atomic E-state index is 0.121. The summed E-state index contributed by atoms with van der Waals surface area (Å²) >= 11 is 0. The van der Waals surface area contributed by atoms with E-state index in [4.69, 9.17) is 0 Å². The fourth-order valence-corrected chi connectivity index (χ4v) is 2.73. The molecule has 6 nitrogen and oxygen atoms in total. The Bertz CT molecular complexity index is 451. The maximum absolute atomic E-state index is 12.3. The van der Waals surface area contributed by atoms with Gasteiger partial charge in [0.25, 0.3) is 0 Å². The van der Waals surface area contributed by atoms with Crippen molar-refractivity contribution in [2.45, 2.75) is 71.1 Å². The summed E-state index contributed by atoms with van der Waals surface area (Å²) in [5, 5.41) is 11.4. The molecule has 118 valence electrons. The number of nitrogens with zero attached hydrogens (tertiary/aromatic N) is 4. The first-order valence-electron chi connectivity index (χ1n) is 7.94. The molecule has 2 rings (SSSR count). The molecule has 1 N–H and O–H groups in total.